The van der Waals surface area contributed by atoms with E-state index in [0.29, 0.717) is 12.0 Å². The minimum atomic E-state index is -0.680. The van der Waals surface area contributed by atoms with Crippen LogP contribution >= 0.6 is 0 Å². The van der Waals surface area contributed by atoms with Crippen LogP contribution in [0.15, 0.2) is 23.8 Å². The van der Waals surface area contributed by atoms with Crippen molar-refractivity contribution in [3.05, 3.63) is 23.8 Å². The molecule has 12 heavy (non-hydrogen) atoms. The number of rotatable bonds is 0. The van der Waals surface area contributed by atoms with Crippen LogP contribution < -0.4 is 5.32 Å². The highest BCUT2D eigenvalue weighted by atomic mass is 16.3. The molecule has 66 valence electrons. The van der Waals surface area contributed by atoms with Crippen molar-refractivity contribution in [2.24, 2.45) is 5.92 Å². The Hall–Kier alpha value is -0.600. The van der Waals surface area contributed by atoms with Crippen LogP contribution in [-0.4, -0.2) is 16.9 Å². The molecule has 0 aromatic rings. The molecule has 0 radical (unpaired) electrons. The van der Waals surface area contributed by atoms with E-state index in [1.54, 1.807) is 0 Å². The summed E-state index contributed by atoms with van der Waals surface area (Å²) in [5.74, 6) is 0.476. The lowest BCUT2D eigenvalue weighted by molar-refractivity contribution is 0.0406. The van der Waals surface area contributed by atoms with Crippen LogP contribution in [0.3, 0.4) is 0 Å². The first kappa shape index (κ1) is 8.02. The van der Waals surface area contributed by atoms with Crippen LogP contribution in [0.5, 0.6) is 0 Å². The van der Waals surface area contributed by atoms with Gasteiger partial charge in [-0.2, -0.15) is 0 Å². The lowest BCUT2D eigenvalue weighted by Crippen LogP contribution is -2.39. The lowest BCUT2D eigenvalue weighted by Gasteiger charge is -2.18. The Morgan fingerprint density at radius 1 is 1.67 bits per heavy atom. The molecular weight excluding hydrogens is 150 g/mol. The summed E-state index contributed by atoms with van der Waals surface area (Å²) in [5.41, 5.74) is 0.599. The minimum Gasteiger partial charge on any atom is -0.376 e. The summed E-state index contributed by atoms with van der Waals surface area (Å²) in [6.45, 7) is 3.92. The highest BCUT2D eigenvalue weighted by molar-refractivity contribution is 5.28. The van der Waals surface area contributed by atoms with Gasteiger partial charge in [-0.05, 0) is 20.3 Å². The molecule has 1 fully saturated rings. The van der Waals surface area contributed by atoms with E-state index < -0.39 is 5.72 Å². The molecule has 2 heteroatoms. The maximum atomic E-state index is 9.74. The highest BCUT2D eigenvalue weighted by Gasteiger charge is 2.38. The van der Waals surface area contributed by atoms with Gasteiger partial charge in [0, 0.05) is 12.0 Å². The molecule has 0 aromatic heterocycles. The molecule has 1 aliphatic carbocycles. The van der Waals surface area contributed by atoms with Gasteiger partial charge in [-0.1, -0.05) is 23.8 Å². The monoisotopic (exact) mass is 165 g/mol. The Balaban J connectivity index is 2.20. The first-order valence-electron chi connectivity index (χ1n) is 4.43. The van der Waals surface area contributed by atoms with Crippen molar-refractivity contribution < 1.29 is 5.11 Å². The van der Waals surface area contributed by atoms with Crippen LogP contribution in [0.1, 0.15) is 20.3 Å². The smallest absolute Gasteiger partial charge is 0.114 e. The molecule has 1 heterocycles. The third-order valence-corrected chi connectivity index (χ3v) is 2.62. The first-order valence-corrected chi connectivity index (χ1v) is 4.43. The van der Waals surface area contributed by atoms with Crippen LogP contribution in [0.2, 0.25) is 0 Å². The van der Waals surface area contributed by atoms with Crippen LogP contribution in [-0.2, 0) is 0 Å². The number of allylic oxidation sites excluding steroid dienone is 2. The fourth-order valence-electron chi connectivity index (χ4n) is 2.08. The van der Waals surface area contributed by atoms with Crippen LogP contribution in [0.25, 0.3) is 0 Å². The fourth-order valence-corrected chi connectivity index (χ4v) is 2.08. The van der Waals surface area contributed by atoms with Crippen molar-refractivity contribution in [3.8, 4) is 0 Å². The summed E-state index contributed by atoms with van der Waals surface area (Å²) in [6, 6.07) is 0.338. The fraction of sp³-hybridized carbons (Fsp3) is 0.600. The minimum absolute atomic E-state index is 0.338. The van der Waals surface area contributed by atoms with Crippen molar-refractivity contribution >= 4 is 0 Å². The topological polar surface area (TPSA) is 32.3 Å². The third-order valence-electron chi connectivity index (χ3n) is 2.62. The number of fused-ring (bicyclic) bond motifs is 1. The number of nitrogens with one attached hydrogen (secondary N) is 1. The van der Waals surface area contributed by atoms with Gasteiger partial charge in [0.2, 0.25) is 0 Å². The second-order valence-electron chi connectivity index (χ2n) is 4.08. The molecule has 0 aromatic carbocycles. The summed E-state index contributed by atoms with van der Waals surface area (Å²) in [6.07, 6.45) is 7.32. The van der Waals surface area contributed by atoms with E-state index in [1.165, 1.54) is 5.57 Å². The maximum Gasteiger partial charge on any atom is 0.114 e. The molecule has 0 spiro atoms. The number of hydrogen-bond acceptors (Lipinski definition) is 2. The summed E-state index contributed by atoms with van der Waals surface area (Å²) in [4.78, 5) is 0. The molecular formula is C10H15NO. The van der Waals surface area contributed by atoms with Gasteiger partial charge in [0.05, 0.1) is 0 Å². The Morgan fingerprint density at radius 2 is 2.42 bits per heavy atom. The zero-order valence-corrected chi connectivity index (χ0v) is 7.54. The zero-order valence-electron chi connectivity index (χ0n) is 7.54. The summed E-state index contributed by atoms with van der Waals surface area (Å²) in [5, 5.41) is 12.9. The van der Waals surface area contributed by atoms with E-state index in [-0.39, 0.29) is 0 Å². The normalized spacial score (nSPS) is 45.8. The third kappa shape index (κ3) is 1.32. The van der Waals surface area contributed by atoms with Gasteiger partial charge >= 0.3 is 0 Å². The Kier molecular flexibility index (Phi) is 1.63. The average molecular weight is 165 g/mol. The van der Waals surface area contributed by atoms with E-state index in [9.17, 15) is 5.11 Å². The predicted molar refractivity (Wildman–Crippen MR) is 48.6 cm³/mol. The van der Waals surface area contributed by atoms with Crippen molar-refractivity contribution in [1.29, 1.82) is 0 Å². The molecule has 3 unspecified atom stereocenters. The van der Waals surface area contributed by atoms with E-state index in [1.807, 2.05) is 6.92 Å². The quantitative estimate of drug-likeness (QED) is 0.565. The van der Waals surface area contributed by atoms with Gasteiger partial charge in [0.15, 0.2) is 0 Å². The Bertz CT molecular complexity index is 253. The van der Waals surface area contributed by atoms with E-state index in [4.69, 9.17) is 0 Å². The standard InChI is InChI=1S/C10H15NO/c1-7-3-4-8-6-10(2,12)11-9(8)5-7/h3-5,8-9,11-12H,6H2,1-2H3. The molecule has 2 rings (SSSR count). The Labute approximate surface area is 73.0 Å². The lowest BCUT2D eigenvalue weighted by atomic mass is 9.92. The number of aliphatic hydroxyl groups is 1. The Morgan fingerprint density at radius 3 is 3.17 bits per heavy atom. The first-order chi connectivity index (χ1) is 5.57. The van der Waals surface area contributed by atoms with E-state index in [2.05, 4.69) is 30.5 Å². The molecule has 0 bridgehead atoms. The molecule has 2 aliphatic rings. The molecule has 0 saturated carbocycles. The molecule has 2 N–H and O–H groups in total. The zero-order chi connectivity index (χ0) is 8.77. The highest BCUT2D eigenvalue weighted by Crippen LogP contribution is 2.31. The van der Waals surface area contributed by atoms with E-state index in [0.717, 1.165) is 6.42 Å². The van der Waals surface area contributed by atoms with Crippen molar-refractivity contribution in [2.45, 2.75) is 32.0 Å². The van der Waals surface area contributed by atoms with E-state index >= 15 is 0 Å². The SMILES string of the molecule is CC1=CC2NC(C)(O)CC2C=C1. The van der Waals surface area contributed by atoms with Crippen molar-refractivity contribution in [2.75, 3.05) is 0 Å². The van der Waals surface area contributed by atoms with Crippen LogP contribution in [0, 0.1) is 5.92 Å². The summed E-state index contributed by atoms with van der Waals surface area (Å²) >= 11 is 0. The molecule has 1 saturated heterocycles. The van der Waals surface area contributed by atoms with Crippen LogP contribution in [0.4, 0.5) is 0 Å². The molecule has 0 amide bonds. The molecule has 2 nitrogen and oxygen atoms in total. The maximum absolute atomic E-state index is 9.74. The average Bonchev–Trinajstić information content (AvgIpc) is 2.21. The second-order valence-corrected chi connectivity index (χ2v) is 4.08. The van der Waals surface area contributed by atoms with Gasteiger partial charge in [-0.25, -0.2) is 0 Å². The van der Waals surface area contributed by atoms with Crippen molar-refractivity contribution in [3.63, 3.8) is 0 Å². The molecule has 1 aliphatic heterocycles. The van der Waals surface area contributed by atoms with Gasteiger partial charge in [-0.15, -0.1) is 0 Å². The van der Waals surface area contributed by atoms with Gasteiger partial charge in [0.1, 0.15) is 5.72 Å². The largest absolute Gasteiger partial charge is 0.376 e. The van der Waals surface area contributed by atoms with Crippen molar-refractivity contribution in [1.82, 2.24) is 5.32 Å². The summed E-state index contributed by atoms with van der Waals surface area (Å²) in [7, 11) is 0. The van der Waals surface area contributed by atoms with Gasteiger partial charge < -0.3 is 5.11 Å². The van der Waals surface area contributed by atoms with Gasteiger partial charge in [-0.3, -0.25) is 5.32 Å². The number of hydrogen-bond donors (Lipinski definition) is 2. The molecule has 3 atom stereocenters. The van der Waals surface area contributed by atoms with Gasteiger partial charge in [0.25, 0.3) is 0 Å². The summed E-state index contributed by atoms with van der Waals surface area (Å²) < 4.78 is 0. The predicted octanol–water partition coefficient (Wildman–Crippen LogP) is 1.19. The second kappa shape index (κ2) is 2.44.